The van der Waals surface area contributed by atoms with Crippen LogP contribution in [0.1, 0.15) is 71.2 Å². The fourth-order valence-corrected chi connectivity index (χ4v) is 5.07. The van der Waals surface area contributed by atoms with Gasteiger partial charge in [0, 0.05) is 27.8 Å². The summed E-state index contributed by atoms with van der Waals surface area (Å²) < 4.78 is 6.03. The second-order valence-electron chi connectivity index (χ2n) is 13.5. The number of nitrogens with zero attached hydrogens (tertiary/aromatic N) is 6. The fraction of sp³-hybridized carbons (Fsp3) is 0.220. The van der Waals surface area contributed by atoms with Crippen molar-refractivity contribution < 1.29 is 24.5 Å². The normalized spacial score (nSPS) is 12.0. The van der Waals surface area contributed by atoms with Crippen molar-refractivity contribution >= 4 is 51.2 Å². The first-order valence-electron chi connectivity index (χ1n) is 15.9. The average Bonchev–Trinajstić information content (AvgIpc) is 3.44. The van der Waals surface area contributed by atoms with Crippen molar-refractivity contribution in [1.82, 2.24) is 19.9 Å². The van der Waals surface area contributed by atoms with Crippen molar-refractivity contribution in [2.24, 2.45) is 0 Å². The third kappa shape index (κ3) is 8.58. The molecule has 3 aromatic carbocycles. The van der Waals surface area contributed by atoms with Gasteiger partial charge < -0.3 is 9.83 Å². The van der Waals surface area contributed by atoms with Crippen LogP contribution in [-0.2, 0) is 30.9 Å². The summed E-state index contributed by atoms with van der Waals surface area (Å²) >= 11 is 0. The number of para-hydroxylation sites is 2. The molecule has 3 aromatic heterocycles. The molecule has 0 atom stereocenters. The first-order chi connectivity index (χ1) is 22.9. The zero-order chi connectivity index (χ0) is 34.5. The van der Waals surface area contributed by atoms with E-state index in [-0.39, 0.29) is 30.9 Å². The summed E-state index contributed by atoms with van der Waals surface area (Å²) in [5.74, 6) is 2.82. The number of hydrogen-bond donors (Lipinski definition) is 0. The first kappa shape index (κ1) is 36.9. The summed E-state index contributed by atoms with van der Waals surface area (Å²) in [5.41, 5.74) is 5.15. The SMILES string of the molecule is CC(C)(C)c1nc(N(c2[c-]cccc2)c2ccccn2)nc(C(C)(C)C)n1.[CH2-]c1ccc2c(oc3ccccc32)c1/C(C)=C/C=C\C=[N-].[Ir+3]. The maximum atomic E-state index is 8.70. The molecule has 0 aliphatic heterocycles. The number of hydrogen-bond acceptors (Lipinski definition) is 6. The second kappa shape index (κ2) is 15.5. The molecule has 6 rings (SSSR count). The van der Waals surface area contributed by atoms with E-state index in [9.17, 15) is 0 Å². The minimum absolute atomic E-state index is 0. The standard InChI is InChI=1S/C22H26N5.C19H15NO.Ir/c1-21(2,3)18-24-19(22(4,5)6)26-20(25-18)27(16-12-8-7-9-13-16)17-14-10-11-15-23-17;1-13(7-5-6-12-20)18-14(2)10-11-16-15-8-3-4-9-17(15)21-19(16)18;/h7-12,14-15H,1-6H3;3-12H,2H2,1H3;/q-1;-2;+3/b;6-5-,13-7+;. The van der Waals surface area contributed by atoms with Crippen LogP contribution in [0.4, 0.5) is 17.5 Å². The zero-order valence-corrected chi connectivity index (χ0v) is 31.4. The van der Waals surface area contributed by atoms with E-state index in [1.54, 1.807) is 18.3 Å². The quantitative estimate of drug-likeness (QED) is 0.0944. The molecule has 6 aromatic rings. The molecule has 0 amide bonds. The van der Waals surface area contributed by atoms with Gasteiger partial charge in [0.05, 0.1) is 5.58 Å². The van der Waals surface area contributed by atoms with E-state index >= 15 is 0 Å². The number of fused-ring (bicyclic) bond motifs is 3. The molecular weight excluding hydrogens is 785 g/mol. The van der Waals surface area contributed by atoms with Gasteiger partial charge in [0.15, 0.2) is 0 Å². The maximum Gasteiger partial charge on any atom is 3.00 e. The van der Waals surface area contributed by atoms with Crippen LogP contribution in [0.2, 0.25) is 0 Å². The molecule has 250 valence electrons. The van der Waals surface area contributed by atoms with Crippen molar-refractivity contribution in [2.45, 2.75) is 59.3 Å². The van der Waals surface area contributed by atoms with Gasteiger partial charge >= 0.3 is 20.1 Å². The maximum absolute atomic E-state index is 8.70. The Morgan fingerprint density at radius 2 is 1.49 bits per heavy atom. The Balaban J connectivity index is 0.000000223. The van der Waals surface area contributed by atoms with E-state index in [2.05, 4.69) is 71.6 Å². The molecule has 0 saturated heterocycles. The largest absolute Gasteiger partial charge is 3.00 e. The van der Waals surface area contributed by atoms with Gasteiger partial charge in [-0.05, 0) is 18.2 Å². The number of anilines is 3. The molecule has 0 saturated carbocycles. The van der Waals surface area contributed by atoms with E-state index < -0.39 is 0 Å². The number of furan rings is 1. The van der Waals surface area contributed by atoms with Crippen molar-refractivity contribution in [1.29, 1.82) is 0 Å². The molecule has 0 bridgehead atoms. The number of rotatable bonds is 6. The molecular formula is C41H41IrN6O. The molecule has 8 heteroatoms. The summed E-state index contributed by atoms with van der Waals surface area (Å²) in [6.45, 7) is 18.8. The third-order valence-electron chi connectivity index (χ3n) is 7.55. The van der Waals surface area contributed by atoms with Crippen molar-refractivity contribution in [3.8, 4) is 0 Å². The van der Waals surface area contributed by atoms with Gasteiger partial charge in [0.1, 0.15) is 23.0 Å². The second-order valence-corrected chi connectivity index (χ2v) is 13.5. The van der Waals surface area contributed by atoms with Gasteiger partial charge in [-0.15, -0.1) is 12.1 Å². The van der Waals surface area contributed by atoms with Crippen molar-refractivity contribution in [2.75, 3.05) is 4.90 Å². The topological polar surface area (TPSA) is 90.2 Å². The molecule has 3 heterocycles. The van der Waals surface area contributed by atoms with E-state index in [0.29, 0.717) is 5.95 Å². The molecule has 0 aliphatic carbocycles. The van der Waals surface area contributed by atoms with E-state index in [1.165, 1.54) is 0 Å². The number of benzene rings is 3. The van der Waals surface area contributed by atoms with Crippen LogP contribution in [0, 0.1) is 13.0 Å². The van der Waals surface area contributed by atoms with Crippen molar-refractivity contribution in [3.63, 3.8) is 0 Å². The van der Waals surface area contributed by atoms with Gasteiger partial charge in [0.25, 0.3) is 0 Å². The summed E-state index contributed by atoms with van der Waals surface area (Å²) in [4.78, 5) is 20.8. The van der Waals surface area contributed by atoms with Gasteiger partial charge in [-0.2, -0.15) is 59.0 Å². The van der Waals surface area contributed by atoms with Crippen LogP contribution in [-0.4, -0.2) is 26.2 Å². The Labute approximate surface area is 303 Å². The zero-order valence-electron chi connectivity index (χ0n) is 29.0. The molecule has 7 nitrogen and oxygen atoms in total. The van der Waals surface area contributed by atoms with Gasteiger partial charge in [-0.3, -0.25) is 4.90 Å². The van der Waals surface area contributed by atoms with Crippen LogP contribution < -0.4 is 4.90 Å². The average molecular weight is 826 g/mol. The first-order valence-corrected chi connectivity index (χ1v) is 15.9. The Kier molecular flexibility index (Phi) is 11.7. The molecule has 0 radical (unpaired) electrons. The van der Waals surface area contributed by atoms with Crippen LogP contribution >= 0.6 is 0 Å². The summed E-state index contributed by atoms with van der Waals surface area (Å²) in [6, 6.07) is 28.9. The van der Waals surface area contributed by atoms with E-state index in [1.807, 2.05) is 84.6 Å². The Bertz CT molecular complexity index is 2020. The van der Waals surface area contributed by atoms with Crippen LogP contribution in [0.25, 0.3) is 32.9 Å². The summed E-state index contributed by atoms with van der Waals surface area (Å²) in [6.07, 6.45) is 8.07. The Morgan fingerprint density at radius 3 is 2.10 bits per heavy atom. The van der Waals surface area contributed by atoms with Crippen LogP contribution in [0.15, 0.2) is 108 Å². The molecule has 0 aliphatic rings. The number of aromatic nitrogens is 4. The molecule has 49 heavy (non-hydrogen) atoms. The monoisotopic (exact) mass is 826 g/mol. The van der Waals surface area contributed by atoms with E-state index in [0.717, 1.165) is 68.0 Å². The van der Waals surface area contributed by atoms with Gasteiger partial charge in [0.2, 0.25) is 5.95 Å². The van der Waals surface area contributed by atoms with Gasteiger partial charge in [-0.1, -0.05) is 108 Å². The predicted molar refractivity (Wildman–Crippen MR) is 199 cm³/mol. The molecule has 0 fully saturated rings. The number of pyridine rings is 1. The third-order valence-corrected chi connectivity index (χ3v) is 7.55. The van der Waals surface area contributed by atoms with Gasteiger partial charge in [-0.25, -0.2) is 9.97 Å². The molecule has 0 unspecified atom stereocenters. The van der Waals surface area contributed by atoms with E-state index in [4.69, 9.17) is 24.8 Å². The summed E-state index contributed by atoms with van der Waals surface area (Å²) in [5, 5.41) is 10.9. The molecule has 0 N–H and O–H groups in total. The minimum Gasteiger partial charge on any atom is -0.811 e. The Hall–Kier alpha value is -4.91. The summed E-state index contributed by atoms with van der Waals surface area (Å²) in [7, 11) is 0. The predicted octanol–water partition coefficient (Wildman–Crippen LogP) is 10.5. The van der Waals surface area contributed by atoms with Crippen LogP contribution in [0.5, 0.6) is 0 Å². The minimum atomic E-state index is -0.201. The smallest absolute Gasteiger partial charge is 0.811 e. The van der Waals surface area contributed by atoms with Crippen molar-refractivity contribution in [3.05, 3.63) is 144 Å². The Morgan fingerprint density at radius 1 is 0.816 bits per heavy atom. The number of allylic oxidation sites excluding steroid dienone is 4. The molecule has 0 spiro atoms. The fourth-order valence-electron chi connectivity index (χ4n) is 5.07. The van der Waals surface area contributed by atoms with Crippen LogP contribution in [0.3, 0.4) is 0 Å².